The van der Waals surface area contributed by atoms with Gasteiger partial charge >= 0.3 is 0 Å². The number of ether oxygens (including phenoxy) is 1. The fraction of sp³-hybridized carbons (Fsp3) is 0.714. The SMILES string of the molecule is CC1CC(NC(c2cccs2)C2CC2)CCO1. The third kappa shape index (κ3) is 2.90. The molecular formula is C14H21NOS. The van der Waals surface area contributed by atoms with Crippen LogP contribution < -0.4 is 5.32 Å². The lowest BCUT2D eigenvalue weighted by molar-refractivity contribution is 0.0107. The van der Waals surface area contributed by atoms with Crippen LogP contribution in [0.25, 0.3) is 0 Å². The molecule has 1 aliphatic heterocycles. The highest BCUT2D eigenvalue weighted by Gasteiger charge is 2.34. The molecule has 1 aromatic heterocycles. The fourth-order valence-corrected chi connectivity index (χ4v) is 3.63. The first-order valence-corrected chi connectivity index (χ1v) is 7.62. The van der Waals surface area contributed by atoms with Crippen molar-refractivity contribution in [3.05, 3.63) is 22.4 Å². The Balaban J connectivity index is 1.64. The van der Waals surface area contributed by atoms with E-state index in [1.54, 1.807) is 0 Å². The minimum Gasteiger partial charge on any atom is -0.378 e. The summed E-state index contributed by atoms with van der Waals surface area (Å²) in [6.07, 6.45) is 5.54. The van der Waals surface area contributed by atoms with Crippen molar-refractivity contribution in [3.63, 3.8) is 0 Å². The molecule has 0 spiro atoms. The number of rotatable bonds is 4. The standard InChI is InChI=1S/C14H21NOS/c1-10-9-12(6-7-16-10)15-14(11-4-5-11)13-3-2-8-17-13/h2-3,8,10-12,14-15H,4-7,9H2,1H3. The van der Waals surface area contributed by atoms with Crippen molar-refractivity contribution in [2.24, 2.45) is 5.92 Å². The van der Waals surface area contributed by atoms with Gasteiger partial charge in [-0.2, -0.15) is 0 Å². The minimum absolute atomic E-state index is 0.421. The van der Waals surface area contributed by atoms with E-state index in [9.17, 15) is 0 Å². The first-order valence-electron chi connectivity index (χ1n) is 6.74. The maximum Gasteiger partial charge on any atom is 0.0561 e. The molecule has 1 aromatic rings. The van der Waals surface area contributed by atoms with Gasteiger partial charge in [-0.15, -0.1) is 11.3 Å². The predicted octanol–water partition coefficient (Wildman–Crippen LogP) is 3.36. The quantitative estimate of drug-likeness (QED) is 0.886. The highest BCUT2D eigenvalue weighted by molar-refractivity contribution is 7.10. The lowest BCUT2D eigenvalue weighted by Gasteiger charge is -2.31. The molecule has 0 amide bonds. The van der Waals surface area contributed by atoms with Gasteiger partial charge in [0, 0.05) is 23.6 Å². The molecule has 0 aromatic carbocycles. The van der Waals surface area contributed by atoms with Gasteiger partial charge in [-0.25, -0.2) is 0 Å². The van der Waals surface area contributed by atoms with E-state index in [-0.39, 0.29) is 0 Å². The Morgan fingerprint density at radius 1 is 1.41 bits per heavy atom. The molecule has 94 valence electrons. The van der Waals surface area contributed by atoms with Crippen LogP contribution in [0.2, 0.25) is 0 Å². The second-order valence-corrected chi connectivity index (χ2v) is 6.38. The van der Waals surface area contributed by atoms with E-state index in [4.69, 9.17) is 4.74 Å². The Morgan fingerprint density at radius 2 is 2.29 bits per heavy atom. The van der Waals surface area contributed by atoms with Crippen LogP contribution in [-0.2, 0) is 4.74 Å². The molecule has 1 saturated carbocycles. The smallest absolute Gasteiger partial charge is 0.0561 e. The van der Waals surface area contributed by atoms with Gasteiger partial charge in [-0.3, -0.25) is 0 Å². The molecule has 0 radical (unpaired) electrons. The maximum absolute atomic E-state index is 5.62. The summed E-state index contributed by atoms with van der Waals surface area (Å²) in [6, 6.07) is 5.70. The zero-order valence-corrected chi connectivity index (χ0v) is 11.2. The highest BCUT2D eigenvalue weighted by atomic mass is 32.1. The van der Waals surface area contributed by atoms with Crippen LogP contribution in [0.3, 0.4) is 0 Å². The first kappa shape index (κ1) is 11.7. The predicted molar refractivity (Wildman–Crippen MR) is 71.4 cm³/mol. The molecule has 2 nitrogen and oxygen atoms in total. The van der Waals surface area contributed by atoms with Crippen LogP contribution in [0, 0.1) is 5.92 Å². The van der Waals surface area contributed by atoms with E-state index in [1.165, 1.54) is 24.1 Å². The van der Waals surface area contributed by atoms with Crippen molar-refractivity contribution < 1.29 is 4.74 Å². The van der Waals surface area contributed by atoms with Crippen molar-refractivity contribution in [1.82, 2.24) is 5.32 Å². The average molecular weight is 251 g/mol. The lowest BCUT2D eigenvalue weighted by Crippen LogP contribution is -2.40. The number of hydrogen-bond donors (Lipinski definition) is 1. The lowest BCUT2D eigenvalue weighted by atomic mass is 10.0. The van der Waals surface area contributed by atoms with Crippen LogP contribution >= 0.6 is 11.3 Å². The summed E-state index contributed by atoms with van der Waals surface area (Å²) in [4.78, 5) is 1.52. The summed E-state index contributed by atoms with van der Waals surface area (Å²) in [5.74, 6) is 0.881. The Morgan fingerprint density at radius 3 is 2.94 bits per heavy atom. The molecule has 2 heterocycles. The van der Waals surface area contributed by atoms with E-state index in [0.29, 0.717) is 18.2 Å². The van der Waals surface area contributed by atoms with Crippen molar-refractivity contribution in [2.45, 2.75) is 50.8 Å². The third-order valence-electron chi connectivity index (χ3n) is 3.84. The molecule has 1 saturated heterocycles. The molecule has 0 bridgehead atoms. The molecule has 2 fully saturated rings. The van der Waals surface area contributed by atoms with Gasteiger partial charge in [0.15, 0.2) is 0 Å². The van der Waals surface area contributed by atoms with Gasteiger partial charge < -0.3 is 10.1 Å². The first-order chi connectivity index (χ1) is 8.33. The molecule has 1 aliphatic carbocycles. The largest absolute Gasteiger partial charge is 0.378 e. The van der Waals surface area contributed by atoms with Crippen LogP contribution in [0.15, 0.2) is 17.5 Å². The Bertz CT molecular complexity index is 347. The van der Waals surface area contributed by atoms with Crippen molar-refractivity contribution in [2.75, 3.05) is 6.61 Å². The average Bonchev–Trinajstić information content (AvgIpc) is 3.01. The number of nitrogens with one attached hydrogen (secondary N) is 1. The van der Waals surface area contributed by atoms with E-state index in [2.05, 4.69) is 29.8 Å². The molecule has 17 heavy (non-hydrogen) atoms. The normalized spacial score (nSPS) is 31.4. The monoisotopic (exact) mass is 251 g/mol. The summed E-state index contributed by atoms with van der Waals surface area (Å²) < 4.78 is 5.62. The minimum atomic E-state index is 0.421. The van der Waals surface area contributed by atoms with Crippen LogP contribution in [-0.4, -0.2) is 18.8 Å². The highest BCUT2D eigenvalue weighted by Crippen LogP contribution is 2.43. The summed E-state index contributed by atoms with van der Waals surface area (Å²) >= 11 is 1.89. The Labute approximate surface area is 107 Å². The van der Waals surface area contributed by atoms with Gasteiger partial charge in [0.1, 0.15) is 0 Å². The maximum atomic E-state index is 5.62. The number of hydrogen-bond acceptors (Lipinski definition) is 3. The van der Waals surface area contributed by atoms with Gasteiger partial charge in [0.05, 0.1) is 6.10 Å². The number of thiophene rings is 1. The second kappa shape index (κ2) is 5.09. The molecule has 2 aliphatic rings. The van der Waals surface area contributed by atoms with E-state index in [1.807, 2.05) is 11.3 Å². The molecule has 3 unspecified atom stereocenters. The van der Waals surface area contributed by atoms with Crippen LogP contribution in [0.5, 0.6) is 0 Å². The van der Waals surface area contributed by atoms with E-state index < -0.39 is 0 Å². The van der Waals surface area contributed by atoms with Crippen molar-refractivity contribution in [1.29, 1.82) is 0 Å². The van der Waals surface area contributed by atoms with Crippen LogP contribution in [0.4, 0.5) is 0 Å². The second-order valence-electron chi connectivity index (χ2n) is 5.40. The fourth-order valence-electron chi connectivity index (χ4n) is 2.75. The summed E-state index contributed by atoms with van der Waals surface area (Å²) in [6.45, 7) is 3.10. The Hall–Kier alpha value is -0.380. The summed E-state index contributed by atoms with van der Waals surface area (Å²) in [5.41, 5.74) is 0. The summed E-state index contributed by atoms with van der Waals surface area (Å²) in [5, 5.41) is 6.07. The van der Waals surface area contributed by atoms with Crippen molar-refractivity contribution >= 4 is 11.3 Å². The van der Waals surface area contributed by atoms with Crippen LogP contribution in [0.1, 0.15) is 43.5 Å². The molecule has 1 N–H and O–H groups in total. The molecule has 3 atom stereocenters. The van der Waals surface area contributed by atoms with Gasteiger partial charge in [0.25, 0.3) is 0 Å². The molecule has 3 rings (SSSR count). The summed E-state index contributed by atoms with van der Waals surface area (Å²) in [7, 11) is 0. The van der Waals surface area contributed by atoms with E-state index >= 15 is 0 Å². The van der Waals surface area contributed by atoms with Gasteiger partial charge in [-0.05, 0) is 50.0 Å². The van der Waals surface area contributed by atoms with E-state index in [0.717, 1.165) is 18.9 Å². The Kier molecular flexibility index (Phi) is 3.50. The zero-order chi connectivity index (χ0) is 11.7. The molecule has 3 heteroatoms. The topological polar surface area (TPSA) is 21.3 Å². The van der Waals surface area contributed by atoms with Gasteiger partial charge in [0.2, 0.25) is 0 Å². The van der Waals surface area contributed by atoms with Crippen molar-refractivity contribution in [3.8, 4) is 0 Å². The molecular weight excluding hydrogens is 230 g/mol. The zero-order valence-electron chi connectivity index (χ0n) is 10.4. The van der Waals surface area contributed by atoms with Gasteiger partial charge in [-0.1, -0.05) is 6.07 Å². The third-order valence-corrected chi connectivity index (χ3v) is 4.80.